The molecule has 2 heterocycles. The lowest BCUT2D eigenvalue weighted by atomic mass is 10.2. The number of nitrogens with zero attached hydrogens (tertiary/aromatic N) is 3. The van der Waals surface area contributed by atoms with Crippen LogP contribution in [0.5, 0.6) is 0 Å². The molecule has 4 nitrogen and oxygen atoms in total. The fraction of sp³-hybridized carbons (Fsp3) is 0.333. The van der Waals surface area contributed by atoms with Gasteiger partial charge in [0.2, 0.25) is 0 Å². The van der Waals surface area contributed by atoms with Crippen LogP contribution in [0, 0.1) is 6.92 Å². The maximum atomic E-state index is 6.04. The predicted molar refractivity (Wildman–Crippen MR) is 56.1 cm³/mol. The molecule has 14 heavy (non-hydrogen) atoms. The van der Waals surface area contributed by atoms with Crippen LogP contribution in [0.1, 0.15) is 21.5 Å². The van der Waals surface area contributed by atoms with Crippen molar-refractivity contribution in [2.75, 3.05) is 0 Å². The molecule has 2 aromatic rings. The highest BCUT2D eigenvalue weighted by atomic mass is 32.1. The second kappa shape index (κ2) is 3.51. The van der Waals surface area contributed by atoms with Crippen molar-refractivity contribution < 1.29 is 0 Å². The summed E-state index contributed by atoms with van der Waals surface area (Å²) < 4.78 is 1.66. The standard InChI is InChI=1S/C9H12N4S/c1-6-3-4-8(14-6)9(10)7-5-13(2)12-11-7/h3-5,9H,10H2,1-2H3. The number of rotatable bonds is 2. The SMILES string of the molecule is Cc1ccc(C(N)c2cn(C)nn2)s1. The van der Waals surface area contributed by atoms with Crippen LogP contribution < -0.4 is 5.73 Å². The van der Waals surface area contributed by atoms with Crippen molar-refractivity contribution in [1.82, 2.24) is 15.0 Å². The highest BCUT2D eigenvalue weighted by Gasteiger charge is 2.13. The summed E-state index contributed by atoms with van der Waals surface area (Å²) >= 11 is 1.70. The molecule has 74 valence electrons. The molecule has 2 N–H and O–H groups in total. The van der Waals surface area contributed by atoms with Gasteiger partial charge in [-0.1, -0.05) is 5.21 Å². The van der Waals surface area contributed by atoms with E-state index in [0.717, 1.165) is 10.6 Å². The van der Waals surface area contributed by atoms with Gasteiger partial charge in [-0.05, 0) is 19.1 Å². The molecular formula is C9H12N4S. The Morgan fingerprint density at radius 1 is 1.50 bits per heavy atom. The molecule has 0 aliphatic rings. The fourth-order valence-electron chi connectivity index (χ4n) is 1.27. The number of nitrogens with two attached hydrogens (primary N) is 1. The van der Waals surface area contributed by atoms with Gasteiger partial charge in [0, 0.05) is 16.8 Å². The van der Waals surface area contributed by atoms with Crippen LogP contribution in [0.15, 0.2) is 18.3 Å². The molecule has 0 bridgehead atoms. The lowest BCUT2D eigenvalue weighted by Gasteiger charge is -2.03. The maximum Gasteiger partial charge on any atom is 0.105 e. The second-order valence-corrected chi connectivity index (χ2v) is 4.56. The van der Waals surface area contributed by atoms with Gasteiger partial charge in [-0.3, -0.25) is 4.68 Å². The van der Waals surface area contributed by atoms with E-state index in [0.29, 0.717) is 0 Å². The summed E-state index contributed by atoms with van der Waals surface area (Å²) in [4.78, 5) is 2.39. The van der Waals surface area contributed by atoms with E-state index in [2.05, 4.69) is 23.3 Å². The molecule has 0 fully saturated rings. The molecule has 0 spiro atoms. The summed E-state index contributed by atoms with van der Waals surface area (Å²) in [5.74, 6) is 0. The first kappa shape index (κ1) is 9.36. The number of hydrogen-bond acceptors (Lipinski definition) is 4. The van der Waals surface area contributed by atoms with Crippen molar-refractivity contribution in [2.24, 2.45) is 12.8 Å². The van der Waals surface area contributed by atoms with E-state index in [1.807, 2.05) is 19.3 Å². The zero-order valence-electron chi connectivity index (χ0n) is 8.14. The minimum atomic E-state index is -0.151. The summed E-state index contributed by atoms with van der Waals surface area (Å²) in [6, 6.07) is 3.96. The van der Waals surface area contributed by atoms with E-state index < -0.39 is 0 Å². The highest BCUT2D eigenvalue weighted by molar-refractivity contribution is 7.12. The highest BCUT2D eigenvalue weighted by Crippen LogP contribution is 2.24. The van der Waals surface area contributed by atoms with Gasteiger partial charge in [-0.25, -0.2) is 0 Å². The van der Waals surface area contributed by atoms with E-state index in [1.165, 1.54) is 4.88 Å². The van der Waals surface area contributed by atoms with Crippen LogP contribution in [0.2, 0.25) is 0 Å². The quantitative estimate of drug-likeness (QED) is 0.807. The Morgan fingerprint density at radius 2 is 2.29 bits per heavy atom. The minimum Gasteiger partial charge on any atom is -0.318 e. The van der Waals surface area contributed by atoms with Crippen molar-refractivity contribution in [3.63, 3.8) is 0 Å². The molecular weight excluding hydrogens is 196 g/mol. The van der Waals surface area contributed by atoms with Crippen LogP contribution >= 0.6 is 11.3 Å². The third-order valence-electron chi connectivity index (χ3n) is 2.01. The molecule has 0 saturated heterocycles. The van der Waals surface area contributed by atoms with Gasteiger partial charge >= 0.3 is 0 Å². The predicted octanol–water partition coefficient (Wildman–Crippen LogP) is 1.23. The zero-order chi connectivity index (χ0) is 10.1. The van der Waals surface area contributed by atoms with Crippen LogP contribution in [0.3, 0.4) is 0 Å². The lowest BCUT2D eigenvalue weighted by molar-refractivity contribution is 0.711. The Labute approximate surface area is 86.4 Å². The minimum absolute atomic E-state index is 0.151. The number of aromatic nitrogens is 3. The summed E-state index contributed by atoms with van der Waals surface area (Å²) in [6.45, 7) is 2.07. The van der Waals surface area contributed by atoms with Gasteiger partial charge in [0.1, 0.15) is 5.69 Å². The van der Waals surface area contributed by atoms with Crippen molar-refractivity contribution in [2.45, 2.75) is 13.0 Å². The molecule has 5 heteroatoms. The van der Waals surface area contributed by atoms with Gasteiger partial charge in [0.25, 0.3) is 0 Å². The van der Waals surface area contributed by atoms with E-state index in [1.54, 1.807) is 16.0 Å². The van der Waals surface area contributed by atoms with Gasteiger partial charge in [0.15, 0.2) is 0 Å². The van der Waals surface area contributed by atoms with E-state index >= 15 is 0 Å². The molecule has 0 aliphatic heterocycles. The molecule has 0 aromatic carbocycles. The van der Waals surface area contributed by atoms with Gasteiger partial charge < -0.3 is 5.73 Å². The van der Waals surface area contributed by atoms with Crippen molar-refractivity contribution in [3.8, 4) is 0 Å². The second-order valence-electron chi connectivity index (χ2n) is 3.24. The average Bonchev–Trinajstić information content (AvgIpc) is 2.73. The van der Waals surface area contributed by atoms with E-state index in [9.17, 15) is 0 Å². The van der Waals surface area contributed by atoms with Gasteiger partial charge in [-0.2, -0.15) is 0 Å². The van der Waals surface area contributed by atoms with Gasteiger partial charge in [-0.15, -0.1) is 16.4 Å². The lowest BCUT2D eigenvalue weighted by Crippen LogP contribution is -2.10. The van der Waals surface area contributed by atoms with Crippen LogP contribution in [0.25, 0.3) is 0 Å². The monoisotopic (exact) mass is 208 g/mol. The largest absolute Gasteiger partial charge is 0.318 e. The third kappa shape index (κ3) is 1.69. The topological polar surface area (TPSA) is 56.7 Å². The molecule has 0 saturated carbocycles. The van der Waals surface area contributed by atoms with E-state index in [4.69, 9.17) is 5.73 Å². The first-order valence-electron chi connectivity index (χ1n) is 4.35. The van der Waals surface area contributed by atoms with Crippen LogP contribution in [0.4, 0.5) is 0 Å². The maximum absolute atomic E-state index is 6.04. The van der Waals surface area contributed by atoms with Crippen molar-refractivity contribution in [1.29, 1.82) is 0 Å². The summed E-state index contributed by atoms with van der Waals surface area (Å²) in [6.07, 6.45) is 1.85. The molecule has 0 radical (unpaired) electrons. The third-order valence-corrected chi connectivity index (χ3v) is 3.09. The van der Waals surface area contributed by atoms with E-state index in [-0.39, 0.29) is 6.04 Å². The first-order valence-corrected chi connectivity index (χ1v) is 5.16. The number of thiophene rings is 1. The Bertz CT molecular complexity index is 391. The molecule has 0 aliphatic carbocycles. The first-order chi connectivity index (χ1) is 6.66. The number of hydrogen-bond donors (Lipinski definition) is 1. The molecule has 1 atom stereocenters. The molecule has 2 aromatic heterocycles. The normalized spacial score (nSPS) is 13.1. The number of aryl methyl sites for hydroxylation is 2. The zero-order valence-corrected chi connectivity index (χ0v) is 8.95. The van der Waals surface area contributed by atoms with Crippen LogP contribution in [-0.4, -0.2) is 15.0 Å². The van der Waals surface area contributed by atoms with Crippen molar-refractivity contribution >= 4 is 11.3 Å². The van der Waals surface area contributed by atoms with Crippen molar-refractivity contribution in [3.05, 3.63) is 33.8 Å². The Hall–Kier alpha value is -1.20. The Morgan fingerprint density at radius 3 is 2.79 bits per heavy atom. The summed E-state index contributed by atoms with van der Waals surface area (Å²) in [5.41, 5.74) is 6.85. The van der Waals surface area contributed by atoms with Gasteiger partial charge in [0.05, 0.1) is 12.2 Å². The molecule has 2 rings (SSSR count). The average molecular weight is 208 g/mol. The Kier molecular flexibility index (Phi) is 2.35. The Balaban J connectivity index is 2.28. The summed E-state index contributed by atoms with van der Waals surface area (Å²) in [7, 11) is 1.84. The smallest absolute Gasteiger partial charge is 0.105 e. The fourth-order valence-corrected chi connectivity index (χ4v) is 2.17. The molecule has 1 unspecified atom stereocenters. The van der Waals surface area contributed by atoms with Crippen LogP contribution in [-0.2, 0) is 7.05 Å². The molecule has 0 amide bonds. The summed E-state index contributed by atoms with van der Waals surface area (Å²) in [5, 5.41) is 7.86.